The molecule has 2 heterocycles. The number of Topliss-reactive ketones (excluding diaryl/α,β-unsaturated/α-hetero) is 1. The molecule has 0 aromatic carbocycles. The van der Waals surface area contributed by atoms with Gasteiger partial charge in [0.15, 0.2) is 0 Å². The number of urea groups is 1. The second-order valence-electron chi connectivity index (χ2n) is 17.7. The zero-order chi connectivity index (χ0) is 38.2. The average Bonchev–Trinajstić information content (AvgIpc) is 3.76. The van der Waals surface area contributed by atoms with Crippen molar-refractivity contribution in [3.8, 4) is 0 Å². The molecular formula is C37H61IN5O7S-. The number of likely N-dealkylation sites (tertiary alicyclic amines) is 1. The molecule has 5 amide bonds. The van der Waals surface area contributed by atoms with Crippen molar-refractivity contribution < 1.29 is 53.6 Å². The summed E-state index contributed by atoms with van der Waals surface area (Å²) in [6.07, 6.45) is 7.95. The van der Waals surface area contributed by atoms with Gasteiger partial charge < -0.3 is 0 Å². The van der Waals surface area contributed by atoms with E-state index in [1.807, 2.05) is 20.8 Å². The van der Waals surface area contributed by atoms with Gasteiger partial charge in [-0.1, -0.05) is 0 Å². The van der Waals surface area contributed by atoms with Gasteiger partial charge in [-0.3, -0.25) is 0 Å². The van der Waals surface area contributed by atoms with Crippen LogP contribution < -0.4 is 42.5 Å². The van der Waals surface area contributed by atoms with Crippen LogP contribution in [-0.2, 0) is 29.0 Å². The first-order valence-corrected chi connectivity index (χ1v) is 22.5. The number of halogens is 1. The number of fused-ring (bicyclic) bond motifs is 1. The number of nitrogens with one attached hydrogen (secondary N) is 4. The number of carbonyl (C=O) groups excluding carboxylic acids is 5. The predicted octanol–water partition coefficient (Wildman–Crippen LogP) is 0.240. The molecule has 2 saturated carbocycles. The van der Waals surface area contributed by atoms with Crippen LogP contribution >= 0.6 is 0 Å². The fraction of sp³-hybridized carbons (Fsp3) is 0.811. The minimum absolute atomic E-state index is 0.116. The number of alkyl halides is 2. The Kier molecular flexibility index (Phi) is 12.7. The maximum absolute atomic E-state index is 14.6. The van der Waals surface area contributed by atoms with Gasteiger partial charge in [-0.15, -0.1) is 6.58 Å². The Hall–Kier alpha value is -2.23. The number of hydrogen-bond donors (Lipinski definition) is 4. The molecule has 2 aliphatic carbocycles. The Labute approximate surface area is 315 Å². The molecule has 5 atom stereocenters. The summed E-state index contributed by atoms with van der Waals surface area (Å²) in [5, 5.41) is 11.5. The number of amides is 5. The van der Waals surface area contributed by atoms with Gasteiger partial charge in [-0.05, 0) is 20.8 Å². The van der Waals surface area contributed by atoms with Crippen molar-refractivity contribution in [3.63, 3.8) is 0 Å². The van der Waals surface area contributed by atoms with Gasteiger partial charge in [0, 0.05) is 0 Å². The molecule has 0 bridgehead atoms. The molecular weight excluding hydrogens is 785 g/mol. The van der Waals surface area contributed by atoms with Crippen molar-refractivity contribution >= 4 is 39.4 Å². The summed E-state index contributed by atoms with van der Waals surface area (Å²) in [7, 11) is -3.56. The molecule has 290 valence electrons. The maximum atomic E-state index is 14.6. The molecule has 0 aromatic heterocycles. The molecule has 0 radical (unpaired) electrons. The number of rotatable bonds is 14. The van der Waals surface area contributed by atoms with Crippen molar-refractivity contribution in [1.29, 1.82) is 0 Å². The number of sulfone groups is 1. The molecule has 4 rings (SSSR count). The van der Waals surface area contributed by atoms with Crippen LogP contribution in [0.1, 0.15) is 113 Å². The van der Waals surface area contributed by atoms with Crippen molar-refractivity contribution in [3.05, 3.63) is 12.7 Å². The van der Waals surface area contributed by atoms with E-state index in [4.69, 9.17) is 0 Å². The third kappa shape index (κ3) is 9.85. The average molecular weight is 847 g/mol. The van der Waals surface area contributed by atoms with Crippen molar-refractivity contribution in [2.24, 2.45) is 17.3 Å². The number of carbonyl (C=O) groups is 5. The SMILES string of the molecule is C=CCCNC(=O)C(=O)C(CC1CC1)NC(=O)[C@@H]1C2C(CN1C(=O)[C@@H](NC(=O)NC1(CS(=O)(=O)C(C)(C)C)CCCCC1)C(C)(C)C)[I-]C2(C)C. The van der Waals surface area contributed by atoms with E-state index in [1.54, 1.807) is 31.7 Å². The Balaban J connectivity index is 1.57. The molecule has 2 saturated heterocycles. The van der Waals surface area contributed by atoms with Crippen molar-refractivity contribution in [2.75, 3.05) is 18.8 Å². The Morgan fingerprint density at radius 1 is 0.980 bits per heavy atom. The molecule has 0 spiro atoms. The van der Waals surface area contributed by atoms with Crippen molar-refractivity contribution in [1.82, 2.24) is 26.2 Å². The first kappa shape index (κ1) is 41.5. The van der Waals surface area contributed by atoms with E-state index >= 15 is 0 Å². The molecule has 4 aliphatic rings. The van der Waals surface area contributed by atoms with Crippen LogP contribution in [0, 0.1) is 17.3 Å². The summed E-state index contributed by atoms with van der Waals surface area (Å²) < 4.78 is 25.8. The molecule has 51 heavy (non-hydrogen) atoms. The van der Waals surface area contributed by atoms with Gasteiger partial charge in [0.1, 0.15) is 0 Å². The third-order valence-corrected chi connectivity index (χ3v) is 18.0. The summed E-state index contributed by atoms with van der Waals surface area (Å²) in [6.45, 7) is 19.1. The van der Waals surface area contributed by atoms with Gasteiger partial charge in [0.2, 0.25) is 0 Å². The van der Waals surface area contributed by atoms with Crippen LogP contribution in [0.5, 0.6) is 0 Å². The van der Waals surface area contributed by atoms with E-state index in [1.165, 1.54) is 0 Å². The summed E-state index contributed by atoms with van der Waals surface area (Å²) in [5.74, 6) is -2.33. The monoisotopic (exact) mass is 846 g/mol. The first-order chi connectivity index (χ1) is 23.5. The first-order valence-electron chi connectivity index (χ1n) is 18.5. The van der Waals surface area contributed by atoms with Crippen LogP contribution in [0.15, 0.2) is 12.7 Å². The summed E-state index contributed by atoms with van der Waals surface area (Å²) in [6, 6.07) is -3.49. The van der Waals surface area contributed by atoms with Crippen LogP contribution in [0.3, 0.4) is 0 Å². The van der Waals surface area contributed by atoms with Gasteiger partial charge in [0.05, 0.1) is 0 Å². The summed E-state index contributed by atoms with van der Waals surface area (Å²) in [5.41, 5.74) is -1.71. The van der Waals surface area contributed by atoms with Crippen LogP contribution in [0.2, 0.25) is 0 Å². The summed E-state index contributed by atoms with van der Waals surface area (Å²) in [4.78, 5) is 70.5. The molecule has 2 aliphatic heterocycles. The van der Waals surface area contributed by atoms with Crippen LogP contribution in [-0.4, -0.2) is 97.5 Å². The summed E-state index contributed by atoms with van der Waals surface area (Å²) >= 11 is -0.341. The number of hydrogen-bond acceptors (Lipinski definition) is 7. The fourth-order valence-electron chi connectivity index (χ4n) is 7.66. The topological polar surface area (TPSA) is 171 Å². The minimum atomic E-state index is -3.56. The van der Waals surface area contributed by atoms with Crippen molar-refractivity contribution in [2.45, 2.75) is 149 Å². The standard InChI is InChI=1S/C37H61IN5O7S/c1-10-11-19-39-31(46)28(44)25(20-23-15-16-23)40-30(45)27-26-24(38-36(26,8)9)21-43(27)32(47)29(34(2,3)4)41-33(48)42-37(17-13-12-14-18-37)22-51(49,50)35(5,6)7/h10,23-27,29H,1,11-22H2,2-9H3,(H,39,46)(H,40,45)(H2,41,42,48)/q-1/t24?,25?,26?,27-,29+/m0/s1. The van der Waals surface area contributed by atoms with Gasteiger partial charge >= 0.3 is 289 Å². The van der Waals surface area contributed by atoms with E-state index in [0.717, 1.165) is 32.1 Å². The van der Waals surface area contributed by atoms with E-state index in [0.29, 0.717) is 32.2 Å². The van der Waals surface area contributed by atoms with Gasteiger partial charge in [-0.2, -0.15) is 0 Å². The van der Waals surface area contributed by atoms with E-state index in [9.17, 15) is 32.4 Å². The molecule has 4 fully saturated rings. The molecule has 4 N–H and O–H groups in total. The second kappa shape index (κ2) is 15.6. The Morgan fingerprint density at radius 3 is 2.14 bits per heavy atom. The van der Waals surface area contributed by atoms with Crippen LogP contribution in [0.25, 0.3) is 0 Å². The van der Waals surface area contributed by atoms with Gasteiger partial charge in [-0.25, -0.2) is 0 Å². The zero-order valence-corrected chi connectivity index (χ0v) is 34.8. The normalized spacial score (nSPS) is 25.5. The fourth-order valence-corrected chi connectivity index (χ4v) is 14.1. The second-order valence-corrected chi connectivity index (χ2v) is 25.4. The Bertz CT molecular complexity index is 1470. The Morgan fingerprint density at radius 2 is 1.61 bits per heavy atom. The van der Waals surface area contributed by atoms with E-state index < -0.39 is 67.3 Å². The third-order valence-electron chi connectivity index (χ3n) is 10.9. The van der Waals surface area contributed by atoms with E-state index in [-0.39, 0.29) is 58.6 Å². The molecule has 14 heteroatoms. The molecule has 12 nitrogen and oxygen atoms in total. The molecule has 0 aromatic rings. The molecule has 3 unspecified atom stereocenters. The predicted molar refractivity (Wildman–Crippen MR) is 193 cm³/mol. The quantitative estimate of drug-likeness (QED) is 0.0639. The van der Waals surface area contributed by atoms with Crippen LogP contribution in [0.4, 0.5) is 4.79 Å². The number of ketones is 1. The van der Waals surface area contributed by atoms with Gasteiger partial charge in [0.25, 0.3) is 0 Å². The number of nitrogens with zero attached hydrogens (tertiary/aromatic N) is 1. The zero-order valence-electron chi connectivity index (χ0n) is 31.8. The van der Waals surface area contributed by atoms with E-state index in [2.05, 4.69) is 41.7 Å².